The largest absolute Gasteiger partial charge is 0.573 e. The van der Waals surface area contributed by atoms with Gasteiger partial charge in [0, 0.05) is 0 Å². The van der Waals surface area contributed by atoms with Gasteiger partial charge in [0.2, 0.25) is 0 Å². The van der Waals surface area contributed by atoms with E-state index in [1.54, 1.807) is 0 Å². The van der Waals surface area contributed by atoms with Crippen LogP contribution in [0.15, 0.2) is 54.6 Å². The molecule has 0 fully saturated rings. The first-order valence-electron chi connectivity index (χ1n) is 5.62. The average molecular weight is 267 g/mol. The van der Waals surface area contributed by atoms with Crippen molar-refractivity contribution in [3.8, 4) is 5.75 Å². The molecule has 2 aromatic rings. The minimum absolute atomic E-state index is 0.253. The van der Waals surface area contributed by atoms with Crippen LogP contribution < -0.4 is 10.5 Å². The number of nitrogens with two attached hydrogens (primary N) is 1. The van der Waals surface area contributed by atoms with E-state index in [9.17, 15) is 13.2 Å². The quantitative estimate of drug-likeness (QED) is 0.921. The van der Waals surface area contributed by atoms with E-state index in [4.69, 9.17) is 5.73 Å². The minimum Gasteiger partial charge on any atom is -0.406 e. The van der Waals surface area contributed by atoms with E-state index in [-0.39, 0.29) is 11.8 Å². The molecule has 0 bridgehead atoms. The Hall–Kier alpha value is -2.01. The molecule has 2 N–H and O–H groups in total. The molecule has 1 atom stereocenters. The van der Waals surface area contributed by atoms with Crippen LogP contribution in [0.1, 0.15) is 17.2 Å². The van der Waals surface area contributed by atoms with Crippen LogP contribution in [0, 0.1) is 0 Å². The van der Waals surface area contributed by atoms with Gasteiger partial charge in [-0.3, -0.25) is 0 Å². The van der Waals surface area contributed by atoms with Gasteiger partial charge in [0.1, 0.15) is 5.75 Å². The molecule has 0 aliphatic carbocycles. The highest BCUT2D eigenvalue weighted by Crippen LogP contribution is 2.25. The molecule has 0 amide bonds. The Morgan fingerprint density at radius 1 is 0.842 bits per heavy atom. The van der Waals surface area contributed by atoms with Crippen LogP contribution >= 0.6 is 0 Å². The Balaban J connectivity index is 2.15. The third-order valence-electron chi connectivity index (χ3n) is 2.63. The van der Waals surface area contributed by atoms with Crippen molar-refractivity contribution in [3.63, 3.8) is 0 Å². The first-order valence-corrected chi connectivity index (χ1v) is 5.62. The zero-order valence-electron chi connectivity index (χ0n) is 9.89. The second kappa shape index (κ2) is 5.32. The lowest BCUT2D eigenvalue weighted by Gasteiger charge is -2.14. The highest BCUT2D eigenvalue weighted by molar-refractivity contribution is 5.35. The van der Waals surface area contributed by atoms with E-state index in [0.29, 0.717) is 0 Å². The van der Waals surface area contributed by atoms with Crippen LogP contribution in [0.3, 0.4) is 0 Å². The molecule has 0 spiro atoms. The van der Waals surface area contributed by atoms with Crippen molar-refractivity contribution in [1.82, 2.24) is 0 Å². The molecule has 0 aliphatic rings. The molecule has 0 aromatic heterocycles. The summed E-state index contributed by atoms with van der Waals surface area (Å²) in [6.45, 7) is 0. The SMILES string of the molecule is N[C@H](c1ccccc1)c1ccc(OC(F)(F)F)cc1. The Kier molecular flexibility index (Phi) is 3.76. The minimum atomic E-state index is -4.68. The lowest BCUT2D eigenvalue weighted by molar-refractivity contribution is -0.274. The maximum absolute atomic E-state index is 12.0. The summed E-state index contributed by atoms with van der Waals surface area (Å²) in [5.74, 6) is -0.253. The second-order valence-corrected chi connectivity index (χ2v) is 4.01. The fraction of sp³-hybridized carbons (Fsp3) is 0.143. The number of benzene rings is 2. The highest BCUT2D eigenvalue weighted by Gasteiger charge is 2.31. The van der Waals surface area contributed by atoms with Crippen LogP contribution in [-0.2, 0) is 0 Å². The average Bonchev–Trinajstić information content (AvgIpc) is 2.38. The van der Waals surface area contributed by atoms with Gasteiger partial charge in [-0.2, -0.15) is 0 Å². The third-order valence-corrected chi connectivity index (χ3v) is 2.63. The number of hydrogen-bond donors (Lipinski definition) is 1. The third kappa shape index (κ3) is 3.72. The van der Waals surface area contributed by atoms with Crippen LogP contribution in [0.5, 0.6) is 5.75 Å². The van der Waals surface area contributed by atoms with Crippen molar-refractivity contribution in [3.05, 3.63) is 65.7 Å². The Bertz CT molecular complexity index is 523. The Morgan fingerprint density at radius 3 is 1.89 bits per heavy atom. The standard InChI is InChI=1S/C14H12F3NO/c15-14(16,17)19-12-8-6-11(7-9-12)13(18)10-4-2-1-3-5-10/h1-9,13H,18H2/t13-/m1/s1. The van der Waals surface area contributed by atoms with Gasteiger partial charge in [0.15, 0.2) is 0 Å². The summed E-state index contributed by atoms with van der Waals surface area (Å²) in [6, 6.07) is 14.5. The van der Waals surface area contributed by atoms with Crippen molar-refractivity contribution in [2.24, 2.45) is 5.73 Å². The Labute approximate surface area is 108 Å². The maximum atomic E-state index is 12.0. The first-order chi connectivity index (χ1) is 8.96. The number of halogens is 3. The summed E-state index contributed by atoms with van der Waals surface area (Å²) in [6.07, 6.45) is -4.68. The number of ether oxygens (including phenoxy) is 1. The van der Waals surface area contributed by atoms with E-state index in [2.05, 4.69) is 4.74 Å². The number of hydrogen-bond acceptors (Lipinski definition) is 2. The van der Waals surface area contributed by atoms with Crippen molar-refractivity contribution in [1.29, 1.82) is 0 Å². The van der Waals surface area contributed by atoms with Gasteiger partial charge in [-0.05, 0) is 23.3 Å². The number of alkyl halides is 3. The molecule has 0 radical (unpaired) electrons. The van der Waals surface area contributed by atoms with Crippen LogP contribution in [0.4, 0.5) is 13.2 Å². The van der Waals surface area contributed by atoms with Crippen molar-refractivity contribution in [2.45, 2.75) is 12.4 Å². The molecule has 2 nitrogen and oxygen atoms in total. The van der Waals surface area contributed by atoms with Crippen LogP contribution in [0.2, 0.25) is 0 Å². The van der Waals surface area contributed by atoms with Crippen molar-refractivity contribution < 1.29 is 17.9 Å². The summed E-state index contributed by atoms with van der Waals surface area (Å²) in [5.41, 5.74) is 7.65. The lowest BCUT2D eigenvalue weighted by atomic mass is 10.00. The topological polar surface area (TPSA) is 35.2 Å². The van der Waals surface area contributed by atoms with Gasteiger partial charge in [0.25, 0.3) is 0 Å². The van der Waals surface area contributed by atoms with Gasteiger partial charge < -0.3 is 10.5 Å². The molecule has 0 saturated heterocycles. The molecule has 0 aliphatic heterocycles. The van der Waals surface area contributed by atoms with Crippen molar-refractivity contribution >= 4 is 0 Å². The molecule has 5 heteroatoms. The van der Waals surface area contributed by atoms with E-state index in [1.807, 2.05) is 30.3 Å². The zero-order chi connectivity index (χ0) is 13.9. The monoisotopic (exact) mass is 267 g/mol. The molecule has 2 rings (SSSR count). The van der Waals surface area contributed by atoms with E-state index >= 15 is 0 Å². The predicted molar refractivity (Wildman–Crippen MR) is 65.6 cm³/mol. The van der Waals surface area contributed by atoms with Gasteiger partial charge in [-0.1, -0.05) is 42.5 Å². The molecular weight excluding hydrogens is 255 g/mol. The Morgan fingerprint density at radius 2 is 1.37 bits per heavy atom. The molecule has 0 unspecified atom stereocenters. The summed E-state index contributed by atoms with van der Waals surface area (Å²) in [7, 11) is 0. The van der Waals surface area contributed by atoms with Gasteiger partial charge >= 0.3 is 6.36 Å². The van der Waals surface area contributed by atoms with Gasteiger partial charge in [-0.25, -0.2) is 0 Å². The molecule has 2 aromatic carbocycles. The maximum Gasteiger partial charge on any atom is 0.573 e. The van der Waals surface area contributed by atoms with E-state index < -0.39 is 6.36 Å². The molecule has 0 saturated carbocycles. The molecule has 19 heavy (non-hydrogen) atoms. The van der Waals surface area contributed by atoms with Crippen LogP contribution in [0.25, 0.3) is 0 Å². The van der Waals surface area contributed by atoms with E-state index in [1.165, 1.54) is 24.3 Å². The second-order valence-electron chi connectivity index (χ2n) is 4.01. The summed E-state index contributed by atoms with van der Waals surface area (Å²) < 4.78 is 39.9. The normalized spacial score (nSPS) is 13.1. The summed E-state index contributed by atoms with van der Waals surface area (Å²) >= 11 is 0. The highest BCUT2D eigenvalue weighted by atomic mass is 19.4. The fourth-order valence-corrected chi connectivity index (χ4v) is 1.73. The smallest absolute Gasteiger partial charge is 0.406 e. The first kappa shape index (κ1) is 13.4. The van der Waals surface area contributed by atoms with Gasteiger partial charge in [0.05, 0.1) is 6.04 Å². The summed E-state index contributed by atoms with van der Waals surface area (Å²) in [5, 5.41) is 0. The molecule has 100 valence electrons. The zero-order valence-corrected chi connectivity index (χ0v) is 9.89. The molecule has 0 heterocycles. The summed E-state index contributed by atoms with van der Waals surface area (Å²) in [4.78, 5) is 0. The predicted octanol–water partition coefficient (Wildman–Crippen LogP) is 3.63. The lowest BCUT2D eigenvalue weighted by Crippen LogP contribution is -2.17. The van der Waals surface area contributed by atoms with E-state index in [0.717, 1.165) is 11.1 Å². The number of rotatable bonds is 3. The van der Waals surface area contributed by atoms with Crippen LogP contribution in [-0.4, -0.2) is 6.36 Å². The van der Waals surface area contributed by atoms with Crippen molar-refractivity contribution in [2.75, 3.05) is 0 Å². The van der Waals surface area contributed by atoms with Gasteiger partial charge in [-0.15, -0.1) is 13.2 Å². The fourth-order valence-electron chi connectivity index (χ4n) is 1.73. The molecular formula is C14H12F3NO.